The molecule has 4 aliphatic heterocycles. The summed E-state index contributed by atoms with van der Waals surface area (Å²) in [4.78, 5) is 8.71. The van der Waals surface area contributed by atoms with E-state index in [1.807, 2.05) is 11.3 Å². The number of hydrogen-bond donors (Lipinski definition) is 0. The van der Waals surface area contributed by atoms with Gasteiger partial charge in [-0.2, -0.15) is 0 Å². The Kier molecular flexibility index (Phi) is 9.73. The van der Waals surface area contributed by atoms with E-state index in [2.05, 4.69) is 211 Å². The van der Waals surface area contributed by atoms with Crippen LogP contribution >= 0.6 is 11.3 Å². The molecule has 2 aliphatic carbocycles. The molecule has 6 aromatic carbocycles. The second-order valence-electron chi connectivity index (χ2n) is 28.2. The van der Waals surface area contributed by atoms with E-state index < -0.39 is 0 Å². The van der Waals surface area contributed by atoms with Crippen molar-refractivity contribution in [3.8, 4) is 0 Å². The fourth-order valence-electron chi connectivity index (χ4n) is 16.5. The number of rotatable bonds is 2. The van der Waals surface area contributed by atoms with E-state index in [9.17, 15) is 0 Å². The first kappa shape index (κ1) is 47.7. The summed E-state index contributed by atoms with van der Waals surface area (Å²) in [7, 11) is 0. The third-order valence-corrected chi connectivity index (χ3v) is 22.0. The Labute approximate surface area is 442 Å². The maximum atomic E-state index is 3.01. The zero-order valence-corrected chi connectivity index (χ0v) is 48.3. The Morgan fingerprint density at radius 3 is 1.68 bits per heavy atom. The van der Waals surface area contributed by atoms with Crippen LogP contribution in [0.4, 0.5) is 39.8 Å². The molecule has 4 atom stereocenters. The van der Waals surface area contributed by atoms with Gasteiger partial charge in [-0.25, -0.2) is 0 Å². The Balaban J connectivity index is 1.21. The lowest BCUT2D eigenvalue weighted by atomic mass is 9.32. The molecule has 2 saturated carbocycles. The van der Waals surface area contributed by atoms with Gasteiger partial charge in [-0.3, -0.25) is 0 Å². The molecule has 5 heteroatoms. The van der Waals surface area contributed by atoms with Crippen LogP contribution in [0.3, 0.4) is 0 Å². The number of thiophene rings is 1. The highest BCUT2D eigenvalue weighted by Gasteiger charge is 2.63. The number of hydrogen-bond acceptors (Lipinski definition) is 4. The van der Waals surface area contributed by atoms with Crippen molar-refractivity contribution in [1.82, 2.24) is 0 Å². The van der Waals surface area contributed by atoms with Gasteiger partial charge in [0.2, 0.25) is 0 Å². The smallest absolute Gasteiger partial charge is 0.253 e. The predicted octanol–water partition coefficient (Wildman–Crippen LogP) is 17.3. The van der Waals surface area contributed by atoms with Crippen molar-refractivity contribution in [2.45, 2.75) is 207 Å². The topological polar surface area (TPSA) is 9.72 Å². The highest BCUT2D eigenvalue weighted by Crippen LogP contribution is 2.66. The fourth-order valence-corrected chi connectivity index (χ4v) is 17.6. The van der Waals surface area contributed by atoms with Crippen LogP contribution in [0.2, 0.25) is 0 Å². The normalized spacial score (nSPS) is 25.0. The van der Waals surface area contributed by atoms with Crippen LogP contribution in [0.15, 0.2) is 78.9 Å². The molecule has 6 aliphatic rings. The minimum Gasteiger partial charge on any atom is -0.335 e. The van der Waals surface area contributed by atoms with Crippen LogP contribution in [0.25, 0.3) is 20.2 Å². The van der Waals surface area contributed by atoms with Gasteiger partial charge < -0.3 is 14.7 Å². The molecule has 0 bridgehead atoms. The molecule has 13 rings (SSSR count). The van der Waals surface area contributed by atoms with Gasteiger partial charge in [-0.05, 0) is 192 Å². The molecule has 0 radical (unpaired) electrons. The Morgan fingerprint density at radius 2 is 1.03 bits per heavy atom. The van der Waals surface area contributed by atoms with E-state index in [1.165, 1.54) is 161 Å². The molecule has 0 saturated heterocycles. The lowest BCUT2D eigenvalue weighted by Crippen LogP contribution is -2.65. The first-order valence-electron chi connectivity index (χ1n) is 28.2. The van der Waals surface area contributed by atoms with E-state index in [-0.39, 0.29) is 44.9 Å². The third kappa shape index (κ3) is 6.07. The summed E-state index contributed by atoms with van der Waals surface area (Å²) in [6, 6.07) is 33.1. The van der Waals surface area contributed by atoms with E-state index in [4.69, 9.17) is 0 Å². The lowest BCUT2D eigenvalue weighted by Gasteiger charge is -2.54. The highest BCUT2D eigenvalue weighted by molar-refractivity contribution is 7.26. The van der Waals surface area contributed by atoms with E-state index >= 15 is 0 Å². The SMILES string of the molecule is Cc1cc(C)c2c3c1B1c4c(cc(N5c6ccc(C(C)(C)C)cc6C6(C)CCCCC56C)cc4N3C3(C)CCCCC23C)N(c2c(C)cc(C(C)(C)C)cc2C)c2ccc3sc4ccc(C(C)(C)C)cc4c3c21. The second-order valence-corrected chi connectivity index (χ2v) is 29.3. The average Bonchev–Trinajstić information content (AvgIpc) is 3.86. The molecule has 376 valence electrons. The number of benzene rings is 6. The minimum absolute atomic E-state index is 0.00218. The summed E-state index contributed by atoms with van der Waals surface area (Å²) < 4.78 is 2.77. The van der Waals surface area contributed by atoms with Gasteiger partial charge in [-0.1, -0.05) is 144 Å². The third-order valence-electron chi connectivity index (χ3n) is 20.8. The van der Waals surface area contributed by atoms with Crippen LogP contribution in [-0.2, 0) is 27.1 Å². The maximum Gasteiger partial charge on any atom is 0.253 e. The van der Waals surface area contributed by atoms with Crippen LogP contribution in [0.1, 0.15) is 191 Å². The second kappa shape index (κ2) is 14.9. The van der Waals surface area contributed by atoms with Crippen molar-refractivity contribution >= 4 is 94.4 Å². The van der Waals surface area contributed by atoms with Crippen molar-refractivity contribution in [2.24, 2.45) is 0 Å². The average molecular weight is 982 g/mol. The molecule has 7 aromatic rings. The molecule has 0 N–H and O–H groups in total. The van der Waals surface area contributed by atoms with Crippen molar-refractivity contribution in [2.75, 3.05) is 14.7 Å². The zero-order chi connectivity index (χ0) is 51.6. The van der Waals surface area contributed by atoms with Crippen LogP contribution in [-0.4, -0.2) is 17.8 Å². The summed E-state index contributed by atoms with van der Waals surface area (Å²) in [6.07, 6.45) is 9.82. The largest absolute Gasteiger partial charge is 0.335 e. The van der Waals surface area contributed by atoms with Gasteiger partial charge >= 0.3 is 0 Å². The minimum atomic E-state index is -0.103. The molecule has 0 spiro atoms. The van der Waals surface area contributed by atoms with Crippen LogP contribution in [0.5, 0.6) is 0 Å². The summed E-state index contributed by atoms with van der Waals surface area (Å²) in [5.74, 6) is 0. The summed E-state index contributed by atoms with van der Waals surface area (Å²) in [5.41, 5.74) is 27.2. The van der Waals surface area contributed by atoms with Crippen molar-refractivity contribution in [1.29, 1.82) is 0 Å². The predicted molar refractivity (Wildman–Crippen MR) is 319 cm³/mol. The molecular formula is C68H80BN3S. The van der Waals surface area contributed by atoms with Crippen molar-refractivity contribution in [3.63, 3.8) is 0 Å². The quantitative estimate of drug-likeness (QED) is 0.160. The van der Waals surface area contributed by atoms with Gasteiger partial charge in [0.1, 0.15) is 0 Å². The van der Waals surface area contributed by atoms with Gasteiger partial charge in [0, 0.05) is 59.7 Å². The number of nitrogens with zero attached hydrogens (tertiary/aromatic N) is 3. The first-order chi connectivity index (χ1) is 34.2. The van der Waals surface area contributed by atoms with E-state index in [1.54, 1.807) is 16.6 Å². The van der Waals surface area contributed by atoms with Crippen LogP contribution < -0.4 is 31.1 Å². The summed E-state index contributed by atoms with van der Waals surface area (Å²) in [6.45, 7) is 41.8. The standard InChI is InChI=1S/C68H80BN3S/c1-39-32-40(2)57-61-56(39)66(15)29-19-21-31-68(66,17)72(61)52-38-46(71-49-24-22-44(63(8,9)10)36-48(49)65(14)28-18-20-30-67(65,71)16)37-51-58(52)69(57)59-50(70(51)60-41(3)33-45(34-42(60)4)64(11,12)13)25-27-54-55(59)47-35-43(62(5,6)7)23-26-53(47)73-54/h22-27,32-38H,18-21,28-31H2,1-17H3. The summed E-state index contributed by atoms with van der Waals surface area (Å²) >= 11 is 1.99. The van der Waals surface area contributed by atoms with Gasteiger partial charge in [-0.15, -0.1) is 11.3 Å². The van der Waals surface area contributed by atoms with Crippen molar-refractivity contribution in [3.05, 3.63) is 129 Å². The van der Waals surface area contributed by atoms with E-state index in [0.29, 0.717) is 0 Å². The number of fused-ring (bicyclic) bond motifs is 14. The highest BCUT2D eigenvalue weighted by atomic mass is 32.1. The zero-order valence-electron chi connectivity index (χ0n) is 47.5. The summed E-state index contributed by atoms with van der Waals surface area (Å²) in [5, 5.41) is 2.86. The molecular weight excluding hydrogens is 902 g/mol. The lowest BCUT2D eigenvalue weighted by molar-refractivity contribution is 0.193. The first-order valence-corrected chi connectivity index (χ1v) is 29.0. The Bertz CT molecular complexity index is 3550. The molecule has 3 nitrogen and oxygen atoms in total. The number of aryl methyl sites for hydroxylation is 4. The molecule has 2 fully saturated rings. The van der Waals surface area contributed by atoms with Gasteiger partial charge in [0.25, 0.3) is 6.71 Å². The molecule has 0 amide bonds. The molecule has 5 heterocycles. The maximum absolute atomic E-state index is 3.01. The monoisotopic (exact) mass is 982 g/mol. The number of anilines is 7. The van der Waals surface area contributed by atoms with Crippen LogP contribution in [0, 0.1) is 27.7 Å². The Hall–Kier alpha value is -5.00. The fraction of sp³-hybridized carbons (Fsp3) is 0.471. The van der Waals surface area contributed by atoms with Gasteiger partial charge in [0.05, 0.1) is 16.8 Å². The van der Waals surface area contributed by atoms with Crippen molar-refractivity contribution < 1.29 is 0 Å². The molecule has 1 aromatic heterocycles. The molecule has 4 unspecified atom stereocenters. The molecule has 73 heavy (non-hydrogen) atoms. The van der Waals surface area contributed by atoms with E-state index in [0.717, 1.165) is 0 Å². The van der Waals surface area contributed by atoms with Gasteiger partial charge in [0.15, 0.2) is 0 Å². The Morgan fingerprint density at radius 1 is 0.466 bits per heavy atom.